The number of aryl methyl sites for hydroxylation is 1. The Morgan fingerprint density at radius 2 is 1.96 bits per heavy atom. The lowest BCUT2D eigenvalue weighted by Gasteiger charge is -2.19. The normalized spacial score (nSPS) is 15.2. The minimum Gasteiger partial charge on any atom is -0.352 e. The van der Waals surface area contributed by atoms with Gasteiger partial charge in [-0.3, -0.25) is 10.1 Å². The standard InChI is InChI=1S/C19H21FN2O/c1-13-7-8-14(11-17(13)20)12-21-18(15-5-3-2-4-6-15)19(23)22-16-9-10-16/h2-8,11,16,18,21H,9-10,12H2,1H3,(H,22,23)/t18-/m1/s1. The number of hydrogen-bond donors (Lipinski definition) is 2. The molecule has 0 spiro atoms. The number of halogens is 1. The summed E-state index contributed by atoms with van der Waals surface area (Å²) in [7, 11) is 0. The van der Waals surface area contributed by atoms with Crippen molar-refractivity contribution < 1.29 is 9.18 Å². The van der Waals surface area contributed by atoms with Crippen molar-refractivity contribution >= 4 is 5.91 Å². The zero-order valence-corrected chi connectivity index (χ0v) is 13.2. The quantitative estimate of drug-likeness (QED) is 0.860. The predicted molar refractivity (Wildman–Crippen MR) is 88.3 cm³/mol. The van der Waals surface area contributed by atoms with E-state index in [2.05, 4.69) is 10.6 Å². The van der Waals surface area contributed by atoms with Crippen molar-refractivity contribution in [1.29, 1.82) is 0 Å². The zero-order valence-electron chi connectivity index (χ0n) is 13.2. The van der Waals surface area contributed by atoms with Gasteiger partial charge in [0.25, 0.3) is 0 Å². The number of carbonyl (C=O) groups is 1. The van der Waals surface area contributed by atoms with Gasteiger partial charge in [0.15, 0.2) is 0 Å². The minimum absolute atomic E-state index is 0.0220. The molecular weight excluding hydrogens is 291 g/mol. The first-order chi connectivity index (χ1) is 11.1. The smallest absolute Gasteiger partial charge is 0.241 e. The van der Waals surface area contributed by atoms with Crippen LogP contribution in [0, 0.1) is 12.7 Å². The molecule has 3 rings (SSSR count). The van der Waals surface area contributed by atoms with Crippen LogP contribution in [0.5, 0.6) is 0 Å². The maximum absolute atomic E-state index is 13.7. The molecule has 2 aromatic rings. The van der Waals surface area contributed by atoms with E-state index in [0.717, 1.165) is 24.0 Å². The number of hydrogen-bond acceptors (Lipinski definition) is 2. The molecule has 1 atom stereocenters. The van der Waals surface area contributed by atoms with Crippen molar-refractivity contribution in [1.82, 2.24) is 10.6 Å². The third-order valence-electron chi connectivity index (χ3n) is 4.07. The summed E-state index contributed by atoms with van der Waals surface area (Å²) in [6.45, 7) is 2.18. The molecule has 0 heterocycles. The van der Waals surface area contributed by atoms with E-state index in [-0.39, 0.29) is 11.7 Å². The van der Waals surface area contributed by atoms with Gasteiger partial charge in [0.2, 0.25) is 5.91 Å². The number of amides is 1. The van der Waals surface area contributed by atoms with E-state index in [4.69, 9.17) is 0 Å². The van der Waals surface area contributed by atoms with Gasteiger partial charge in [0.1, 0.15) is 11.9 Å². The number of rotatable bonds is 6. The van der Waals surface area contributed by atoms with E-state index in [0.29, 0.717) is 18.2 Å². The van der Waals surface area contributed by atoms with Crippen LogP contribution in [0.25, 0.3) is 0 Å². The Bertz CT molecular complexity index is 683. The van der Waals surface area contributed by atoms with Gasteiger partial charge in [0.05, 0.1) is 0 Å². The largest absolute Gasteiger partial charge is 0.352 e. The second kappa shape index (κ2) is 6.92. The summed E-state index contributed by atoms with van der Waals surface area (Å²) in [6, 6.07) is 14.7. The second-order valence-electron chi connectivity index (χ2n) is 6.09. The van der Waals surface area contributed by atoms with E-state index >= 15 is 0 Å². The van der Waals surface area contributed by atoms with Crippen molar-refractivity contribution in [2.75, 3.05) is 0 Å². The van der Waals surface area contributed by atoms with Gasteiger partial charge < -0.3 is 5.32 Å². The van der Waals surface area contributed by atoms with Crippen molar-refractivity contribution in [3.63, 3.8) is 0 Å². The number of nitrogens with one attached hydrogen (secondary N) is 2. The van der Waals surface area contributed by atoms with Crippen LogP contribution in [0.15, 0.2) is 48.5 Å². The van der Waals surface area contributed by atoms with Crippen molar-refractivity contribution in [2.24, 2.45) is 0 Å². The average molecular weight is 312 g/mol. The van der Waals surface area contributed by atoms with Crippen LogP contribution in [-0.4, -0.2) is 11.9 Å². The first-order valence-electron chi connectivity index (χ1n) is 7.97. The summed E-state index contributed by atoms with van der Waals surface area (Å²) in [5.41, 5.74) is 2.37. The van der Waals surface area contributed by atoms with Crippen molar-refractivity contribution in [2.45, 2.75) is 38.4 Å². The average Bonchev–Trinajstić information content (AvgIpc) is 3.36. The van der Waals surface area contributed by atoms with Crippen molar-refractivity contribution in [3.8, 4) is 0 Å². The molecule has 0 aromatic heterocycles. The first kappa shape index (κ1) is 15.7. The Hall–Kier alpha value is -2.20. The van der Waals surface area contributed by atoms with E-state index in [1.807, 2.05) is 36.4 Å². The molecule has 0 radical (unpaired) electrons. The Kier molecular flexibility index (Phi) is 4.72. The molecule has 1 fully saturated rings. The molecule has 0 aliphatic heterocycles. The predicted octanol–water partition coefficient (Wildman–Crippen LogP) is 3.24. The highest BCUT2D eigenvalue weighted by Crippen LogP contribution is 2.21. The molecule has 1 aliphatic carbocycles. The molecule has 1 aliphatic rings. The monoisotopic (exact) mass is 312 g/mol. The second-order valence-corrected chi connectivity index (χ2v) is 6.09. The Labute approximate surface area is 135 Å². The SMILES string of the molecule is Cc1ccc(CN[C@@H](C(=O)NC2CC2)c2ccccc2)cc1F. The van der Waals surface area contributed by atoms with Crippen LogP contribution in [0.2, 0.25) is 0 Å². The number of carbonyl (C=O) groups excluding carboxylic acids is 1. The maximum Gasteiger partial charge on any atom is 0.241 e. The van der Waals surface area contributed by atoms with Gasteiger partial charge in [-0.05, 0) is 42.5 Å². The van der Waals surface area contributed by atoms with Crippen LogP contribution in [0.3, 0.4) is 0 Å². The Balaban J connectivity index is 1.72. The van der Waals surface area contributed by atoms with Crippen LogP contribution < -0.4 is 10.6 Å². The summed E-state index contributed by atoms with van der Waals surface area (Å²) in [4.78, 5) is 12.5. The zero-order chi connectivity index (χ0) is 16.2. The lowest BCUT2D eigenvalue weighted by molar-refractivity contribution is -0.123. The van der Waals surface area contributed by atoms with Gasteiger partial charge in [0, 0.05) is 12.6 Å². The first-order valence-corrected chi connectivity index (χ1v) is 7.97. The van der Waals surface area contributed by atoms with E-state index < -0.39 is 6.04 Å². The maximum atomic E-state index is 13.7. The summed E-state index contributed by atoms with van der Waals surface area (Å²) < 4.78 is 13.7. The molecule has 23 heavy (non-hydrogen) atoms. The fraction of sp³-hybridized carbons (Fsp3) is 0.316. The molecule has 4 heteroatoms. The molecule has 0 unspecified atom stereocenters. The van der Waals surface area contributed by atoms with Crippen LogP contribution >= 0.6 is 0 Å². The fourth-order valence-corrected chi connectivity index (χ4v) is 2.49. The van der Waals surface area contributed by atoms with Crippen LogP contribution in [0.1, 0.15) is 35.6 Å². The molecule has 0 saturated heterocycles. The molecule has 1 saturated carbocycles. The highest BCUT2D eigenvalue weighted by molar-refractivity contribution is 5.83. The topological polar surface area (TPSA) is 41.1 Å². The summed E-state index contributed by atoms with van der Waals surface area (Å²) in [5, 5.41) is 6.29. The lowest BCUT2D eigenvalue weighted by Crippen LogP contribution is -2.38. The molecule has 1 amide bonds. The van der Waals surface area contributed by atoms with Crippen LogP contribution in [0.4, 0.5) is 4.39 Å². The van der Waals surface area contributed by atoms with Gasteiger partial charge in [-0.25, -0.2) is 4.39 Å². The van der Waals surface area contributed by atoms with Crippen LogP contribution in [-0.2, 0) is 11.3 Å². The van der Waals surface area contributed by atoms with Gasteiger partial charge in [-0.1, -0.05) is 42.5 Å². The summed E-state index contributed by atoms with van der Waals surface area (Å²) in [5.74, 6) is -0.241. The highest BCUT2D eigenvalue weighted by atomic mass is 19.1. The van der Waals surface area contributed by atoms with E-state index in [1.165, 1.54) is 6.07 Å². The third kappa shape index (κ3) is 4.17. The van der Waals surface area contributed by atoms with Gasteiger partial charge in [-0.15, -0.1) is 0 Å². The number of benzene rings is 2. The Morgan fingerprint density at radius 1 is 1.22 bits per heavy atom. The third-order valence-corrected chi connectivity index (χ3v) is 4.07. The van der Waals surface area contributed by atoms with Gasteiger partial charge >= 0.3 is 0 Å². The summed E-state index contributed by atoms with van der Waals surface area (Å²) >= 11 is 0. The van der Waals surface area contributed by atoms with E-state index in [9.17, 15) is 9.18 Å². The highest BCUT2D eigenvalue weighted by Gasteiger charge is 2.28. The van der Waals surface area contributed by atoms with E-state index in [1.54, 1.807) is 13.0 Å². The molecule has 2 aromatic carbocycles. The molecule has 0 bridgehead atoms. The van der Waals surface area contributed by atoms with Gasteiger partial charge in [-0.2, -0.15) is 0 Å². The lowest BCUT2D eigenvalue weighted by atomic mass is 10.1. The van der Waals surface area contributed by atoms with Crippen molar-refractivity contribution in [3.05, 3.63) is 71.0 Å². The molecule has 2 N–H and O–H groups in total. The summed E-state index contributed by atoms with van der Waals surface area (Å²) in [6.07, 6.45) is 2.10. The minimum atomic E-state index is -0.429. The molecule has 120 valence electrons. The molecule has 3 nitrogen and oxygen atoms in total. The molecular formula is C19H21FN2O. The fourth-order valence-electron chi connectivity index (χ4n) is 2.49. The Morgan fingerprint density at radius 3 is 2.61 bits per heavy atom.